The molecule has 26 heavy (non-hydrogen) atoms. The van der Waals surface area contributed by atoms with Crippen molar-refractivity contribution in [3.05, 3.63) is 65.7 Å². The minimum Gasteiger partial charge on any atom is -0.510 e. The lowest BCUT2D eigenvalue weighted by molar-refractivity contribution is 0.347. The van der Waals surface area contributed by atoms with E-state index in [0.29, 0.717) is 24.5 Å². The first-order valence-corrected chi connectivity index (χ1v) is 8.39. The maximum atomic E-state index is 10.5. The van der Waals surface area contributed by atoms with Gasteiger partial charge in [-0.25, -0.2) is 4.98 Å². The number of ether oxygens (including phenoxy) is 1. The summed E-state index contributed by atoms with van der Waals surface area (Å²) in [6.07, 6.45) is 0. The van der Waals surface area contributed by atoms with Gasteiger partial charge in [0.1, 0.15) is 23.2 Å². The number of aromatic nitrogens is 2. The van der Waals surface area contributed by atoms with Crippen molar-refractivity contribution < 1.29 is 9.84 Å². The quantitative estimate of drug-likeness (QED) is 0.758. The van der Waals surface area contributed by atoms with Crippen LogP contribution in [-0.4, -0.2) is 39.0 Å². The molecule has 2 N–H and O–H groups in total. The maximum absolute atomic E-state index is 10.5. The Labute approximate surface area is 151 Å². The molecule has 0 bridgehead atoms. The zero-order chi connectivity index (χ0) is 18.3. The fourth-order valence-electron chi connectivity index (χ4n) is 3.34. The first-order chi connectivity index (χ1) is 12.6. The predicted molar refractivity (Wildman–Crippen MR) is 101 cm³/mol. The molecule has 2 aromatic carbocycles. The predicted octanol–water partition coefficient (Wildman–Crippen LogP) is 3.34. The Morgan fingerprint density at radius 2 is 1.96 bits per heavy atom. The SMILES string of the molecule is COc1ccc2c(c1)nc(C1=C(O)CN(Cc3ccccc3)C1=N)n2C. The third-order valence-corrected chi connectivity index (χ3v) is 4.71. The molecule has 0 saturated carbocycles. The number of fused-ring (bicyclic) bond motifs is 1. The van der Waals surface area contributed by atoms with Gasteiger partial charge in [0.2, 0.25) is 0 Å². The van der Waals surface area contributed by atoms with E-state index >= 15 is 0 Å². The number of hydrogen-bond donors (Lipinski definition) is 2. The Bertz CT molecular complexity index is 1020. The largest absolute Gasteiger partial charge is 0.510 e. The molecule has 6 heteroatoms. The van der Waals surface area contributed by atoms with Crippen LogP contribution in [0.15, 0.2) is 54.3 Å². The highest BCUT2D eigenvalue weighted by atomic mass is 16.5. The summed E-state index contributed by atoms with van der Waals surface area (Å²) in [5.41, 5.74) is 3.28. The Kier molecular flexibility index (Phi) is 3.88. The number of aliphatic hydroxyl groups excluding tert-OH is 1. The van der Waals surface area contributed by atoms with Crippen molar-refractivity contribution in [1.29, 1.82) is 5.41 Å². The molecule has 1 aromatic heterocycles. The van der Waals surface area contributed by atoms with E-state index in [2.05, 4.69) is 4.98 Å². The third-order valence-electron chi connectivity index (χ3n) is 4.71. The molecule has 0 aliphatic carbocycles. The van der Waals surface area contributed by atoms with Crippen molar-refractivity contribution in [2.24, 2.45) is 7.05 Å². The Morgan fingerprint density at radius 1 is 1.19 bits per heavy atom. The van der Waals surface area contributed by atoms with Gasteiger partial charge in [-0.1, -0.05) is 30.3 Å². The molecule has 0 unspecified atom stereocenters. The Hall–Kier alpha value is -3.28. The third kappa shape index (κ3) is 2.60. The van der Waals surface area contributed by atoms with E-state index in [0.717, 1.165) is 22.3 Å². The normalized spacial score (nSPS) is 14.5. The van der Waals surface area contributed by atoms with Crippen LogP contribution < -0.4 is 4.74 Å². The fraction of sp³-hybridized carbons (Fsp3) is 0.200. The monoisotopic (exact) mass is 348 g/mol. The molecule has 2 heterocycles. The summed E-state index contributed by atoms with van der Waals surface area (Å²) in [7, 11) is 3.51. The molecule has 0 fully saturated rings. The van der Waals surface area contributed by atoms with Gasteiger partial charge >= 0.3 is 0 Å². The summed E-state index contributed by atoms with van der Waals surface area (Å²) in [6, 6.07) is 15.6. The van der Waals surface area contributed by atoms with Gasteiger partial charge in [-0.3, -0.25) is 5.41 Å². The first kappa shape index (κ1) is 16.2. The number of rotatable bonds is 4. The molecule has 3 aromatic rings. The molecule has 0 saturated heterocycles. The summed E-state index contributed by atoms with van der Waals surface area (Å²) in [6.45, 7) is 0.889. The number of nitrogens with one attached hydrogen (secondary N) is 1. The molecule has 0 amide bonds. The Morgan fingerprint density at radius 3 is 2.69 bits per heavy atom. The van der Waals surface area contributed by atoms with E-state index in [9.17, 15) is 5.11 Å². The smallest absolute Gasteiger partial charge is 0.148 e. The van der Waals surface area contributed by atoms with Crippen LogP contribution in [0.1, 0.15) is 11.4 Å². The van der Waals surface area contributed by atoms with Crippen molar-refractivity contribution in [1.82, 2.24) is 14.5 Å². The lowest BCUT2D eigenvalue weighted by Gasteiger charge is -2.18. The van der Waals surface area contributed by atoms with Crippen molar-refractivity contribution in [3.8, 4) is 5.75 Å². The maximum Gasteiger partial charge on any atom is 0.148 e. The van der Waals surface area contributed by atoms with Crippen molar-refractivity contribution >= 4 is 22.4 Å². The van der Waals surface area contributed by atoms with Crippen molar-refractivity contribution in [2.75, 3.05) is 13.7 Å². The second-order valence-electron chi connectivity index (χ2n) is 6.36. The number of imidazole rings is 1. The summed E-state index contributed by atoms with van der Waals surface area (Å²) in [5, 5.41) is 19.1. The summed E-state index contributed by atoms with van der Waals surface area (Å²) in [4.78, 5) is 6.49. The lowest BCUT2D eigenvalue weighted by Crippen LogP contribution is -2.26. The highest BCUT2D eigenvalue weighted by Gasteiger charge is 2.31. The first-order valence-electron chi connectivity index (χ1n) is 8.39. The fourth-order valence-corrected chi connectivity index (χ4v) is 3.34. The van der Waals surface area contributed by atoms with Crippen LogP contribution in [0.2, 0.25) is 0 Å². The number of aryl methyl sites for hydroxylation is 1. The number of aliphatic hydroxyl groups is 1. The lowest BCUT2D eigenvalue weighted by atomic mass is 10.2. The van der Waals surface area contributed by atoms with Gasteiger partial charge in [0.25, 0.3) is 0 Å². The molecule has 4 rings (SSSR count). The van der Waals surface area contributed by atoms with Crippen LogP contribution in [-0.2, 0) is 13.6 Å². The van der Waals surface area contributed by atoms with E-state index < -0.39 is 0 Å². The van der Waals surface area contributed by atoms with E-state index in [-0.39, 0.29) is 11.6 Å². The van der Waals surface area contributed by atoms with Crippen molar-refractivity contribution in [3.63, 3.8) is 0 Å². The topological polar surface area (TPSA) is 74.4 Å². The van der Waals surface area contributed by atoms with E-state index in [4.69, 9.17) is 10.1 Å². The Balaban J connectivity index is 1.69. The van der Waals surface area contributed by atoms with E-state index in [1.807, 2.05) is 65.0 Å². The minimum absolute atomic E-state index is 0.177. The van der Waals surface area contributed by atoms with Gasteiger partial charge in [-0.15, -0.1) is 0 Å². The number of methoxy groups -OCH3 is 1. The highest BCUT2D eigenvalue weighted by Crippen LogP contribution is 2.30. The molecule has 1 aliphatic heterocycles. The summed E-state index contributed by atoms with van der Waals surface area (Å²) in [5.74, 6) is 1.78. The molecule has 0 radical (unpaired) electrons. The van der Waals surface area contributed by atoms with Gasteiger partial charge in [0, 0.05) is 19.7 Å². The van der Waals surface area contributed by atoms with Crippen LogP contribution in [0.25, 0.3) is 16.6 Å². The molecule has 0 atom stereocenters. The summed E-state index contributed by atoms with van der Waals surface area (Å²) < 4.78 is 7.17. The van der Waals surface area contributed by atoms with Gasteiger partial charge < -0.3 is 19.3 Å². The van der Waals surface area contributed by atoms with Crippen LogP contribution in [0.3, 0.4) is 0 Å². The average molecular weight is 348 g/mol. The number of hydrogen-bond acceptors (Lipinski definition) is 4. The average Bonchev–Trinajstić information content (AvgIpc) is 3.11. The van der Waals surface area contributed by atoms with Gasteiger partial charge in [0.05, 0.1) is 30.3 Å². The van der Waals surface area contributed by atoms with Gasteiger partial charge in [-0.2, -0.15) is 0 Å². The number of benzene rings is 2. The van der Waals surface area contributed by atoms with Crippen LogP contribution in [0, 0.1) is 5.41 Å². The second kappa shape index (κ2) is 6.22. The molecule has 0 spiro atoms. The summed E-state index contributed by atoms with van der Waals surface area (Å²) >= 11 is 0. The molecule has 1 aliphatic rings. The minimum atomic E-state index is 0.177. The highest BCUT2D eigenvalue weighted by molar-refractivity contribution is 6.23. The zero-order valence-electron chi connectivity index (χ0n) is 14.7. The van der Waals surface area contributed by atoms with Gasteiger partial charge in [-0.05, 0) is 17.7 Å². The zero-order valence-corrected chi connectivity index (χ0v) is 14.7. The number of nitrogens with zero attached hydrogens (tertiary/aromatic N) is 3. The van der Waals surface area contributed by atoms with Crippen LogP contribution in [0.5, 0.6) is 5.75 Å². The molecular weight excluding hydrogens is 328 g/mol. The molecular formula is C20H20N4O2. The van der Waals surface area contributed by atoms with Gasteiger partial charge in [0.15, 0.2) is 0 Å². The number of amidine groups is 1. The molecule has 132 valence electrons. The standard InChI is InChI=1S/C20H20N4O2/c1-23-16-9-8-14(26-2)10-15(16)22-20(23)18-17(25)12-24(19(18)21)11-13-6-4-3-5-7-13/h3-10,21,25H,11-12H2,1-2H3. The molecule has 6 nitrogen and oxygen atoms in total. The van der Waals surface area contributed by atoms with Crippen LogP contribution >= 0.6 is 0 Å². The second-order valence-corrected chi connectivity index (χ2v) is 6.36. The van der Waals surface area contributed by atoms with E-state index in [1.165, 1.54) is 0 Å². The van der Waals surface area contributed by atoms with Crippen LogP contribution in [0.4, 0.5) is 0 Å². The van der Waals surface area contributed by atoms with E-state index in [1.54, 1.807) is 7.11 Å². The van der Waals surface area contributed by atoms with Crippen molar-refractivity contribution in [2.45, 2.75) is 6.54 Å².